The van der Waals surface area contributed by atoms with Gasteiger partial charge in [-0.2, -0.15) is 0 Å². The second-order valence-electron chi connectivity index (χ2n) is 2.76. The molecule has 0 aliphatic heterocycles. The van der Waals surface area contributed by atoms with E-state index < -0.39 is 6.36 Å². The van der Waals surface area contributed by atoms with Crippen LogP contribution in [0, 0.1) is 0 Å². The average molecular weight is 253 g/mol. The topological polar surface area (TPSA) is 9.23 Å². The van der Waals surface area contributed by atoms with Crippen LogP contribution in [0.3, 0.4) is 0 Å². The number of thiophene rings is 1. The third kappa shape index (κ3) is 2.18. The van der Waals surface area contributed by atoms with Crippen LogP contribution in [0.2, 0.25) is 5.02 Å². The predicted octanol–water partition coefficient (Wildman–Crippen LogP) is 4.45. The van der Waals surface area contributed by atoms with Crippen LogP contribution in [0.4, 0.5) is 13.2 Å². The largest absolute Gasteiger partial charge is 0.573 e. The summed E-state index contributed by atoms with van der Waals surface area (Å²) >= 11 is 7.18. The van der Waals surface area contributed by atoms with E-state index in [9.17, 15) is 13.2 Å². The second-order valence-corrected chi connectivity index (χ2v) is 4.08. The number of benzene rings is 1. The Bertz CT molecular complexity index is 492. The molecule has 2 aromatic rings. The van der Waals surface area contributed by atoms with Crippen molar-refractivity contribution in [3.05, 3.63) is 28.6 Å². The summed E-state index contributed by atoms with van der Waals surface area (Å²) in [6.45, 7) is 0. The summed E-state index contributed by atoms with van der Waals surface area (Å²) in [5.74, 6) is -0.366. The molecule has 1 aromatic carbocycles. The van der Waals surface area contributed by atoms with E-state index in [4.69, 9.17) is 11.6 Å². The van der Waals surface area contributed by atoms with Gasteiger partial charge in [-0.25, -0.2) is 0 Å². The molecule has 0 saturated carbocycles. The molecule has 0 aliphatic carbocycles. The zero-order valence-electron chi connectivity index (χ0n) is 7.14. The maximum absolute atomic E-state index is 12.0. The first kappa shape index (κ1) is 10.6. The predicted molar refractivity (Wildman–Crippen MR) is 53.5 cm³/mol. The lowest BCUT2D eigenvalue weighted by molar-refractivity contribution is -0.274. The lowest BCUT2D eigenvalue weighted by Gasteiger charge is -2.10. The van der Waals surface area contributed by atoms with Gasteiger partial charge < -0.3 is 4.74 Å². The molecule has 0 aliphatic rings. The Labute approximate surface area is 92.0 Å². The molecule has 0 amide bonds. The molecule has 0 radical (unpaired) electrons. The molecule has 0 saturated heterocycles. The number of ether oxygens (including phenoxy) is 1. The molecule has 0 fully saturated rings. The molecule has 0 spiro atoms. The van der Waals surface area contributed by atoms with E-state index in [1.807, 2.05) is 0 Å². The highest BCUT2D eigenvalue weighted by atomic mass is 35.5. The number of hydrogen-bond donors (Lipinski definition) is 0. The maximum Gasteiger partial charge on any atom is 0.573 e. The molecule has 0 atom stereocenters. The highest BCUT2D eigenvalue weighted by Gasteiger charge is 2.32. The molecule has 15 heavy (non-hydrogen) atoms. The average Bonchev–Trinajstić information content (AvgIpc) is 2.56. The van der Waals surface area contributed by atoms with Gasteiger partial charge in [-0.05, 0) is 23.6 Å². The van der Waals surface area contributed by atoms with E-state index in [-0.39, 0.29) is 10.8 Å². The first-order valence-corrected chi connectivity index (χ1v) is 5.14. The first-order chi connectivity index (χ1) is 6.97. The lowest BCUT2D eigenvalue weighted by Crippen LogP contribution is -2.17. The van der Waals surface area contributed by atoms with Crippen LogP contribution in [-0.4, -0.2) is 6.36 Å². The van der Waals surface area contributed by atoms with E-state index in [0.29, 0.717) is 5.39 Å². The smallest absolute Gasteiger partial charge is 0.404 e. The van der Waals surface area contributed by atoms with Crippen LogP contribution in [0.25, 0.3) is 10.1 Å². The highest BCUT2D eigenvalue weighted by Crippen LogP contribution is 2.37. The Kier molecular flexibility index (Phi) is 2.52. The molecule has 80 valence electrons. The zero-order chi connectivity index (χ0) is 11.1. The molecular formula is C9H4ClF3OS. The van der Waals surface area contributed by atoms with E-state index in [1.165, 1.54) is 17.4 Å². The van der Waals surface area contributed by atoms with Gasteiger partial charge in [0.15, 0.2) is 0 Å². The van der Waals surface area contributed by atoms with E-state index in [0.717, 1.165) is 4.70 Å². The van der Waals surface area contributed by atoms with Gasteiger partial charge in [0.05, 0.1) is 5.02 Å². The molecular weight excluding hydrogens is 249 g/mol. The maximum atomic E-state index is 12.0. The van der Waals surface area contributed by atoms with E-state index in [2.05, 4.69) is 4.74 Å². The minimum Gasteiger partial charge on any atom is -0.404 e. The fourth-order valence-corrected chi connectivity index (χ4v) is 2.31. The van der Waals surface area contributed by atoms with E-state index in [1.54, 1.807) is 17.5 Å². The summed E-state index contributed by atoms with van der Waals surface area (Å²) in [7, 11) is 0. The Morgan fingerprint density at radius 1 is 1.20 bits per heavy atom. The summed E-state index contributed by atoms with van der Waals surface area (Å²) in [6.07, 6.45) is -4.71. The molecule has 6 heteroatoms. The van der Waals surface area contributed by atoms with Gasteiger partial charge >= 0.3 is 6.36 Å². The molecule has 1 nitrogen and oxygen atoms in total. The zero-order valence-corrected chi connectivity index (χ0v) is 8.71. The minimum atomic E-state index is -4.71. The van der Waals surface area contributed by atoms with Crippen molar-refractivity contribution in [3.8, 4) is 5.75 Å². The van der Waals surface area contributed by atoms with Crippen LogP contribution in [-0.2, 0) is 0 Å². The summed E-state index contributed by atoms with van der Waals surface area (Å²) in [5.41, 5.74) is 0. The van der Waals surface area contributed by atoms with Crippen molar-refractivity contribution in [2.45, 2.75) is 6.36 Å². The second kappa shape index (κ2) is 3.57. The quantitative estimate of drug-likeness (QED) is 0.728. The van der Waals surface area contributed by atoms with Crippen molar-refractivity contribution in [1.82, 2.24) is 0 Å². The fourth-order valence-electron chi connectivity index (χ4n) is 1.19. The summed E-state index contributed by atoms with van der Waals surface area (Å²) in [4.78, 5) is 0. The van der Waals surface area contributed by atoms with Crippen LogP contribution >= 0.6 is 22.9 Å². The van der Waals surface area contributed by atoms with Gasteiger partial charge in [-0.15, -0.1) is 24.5 Å². The van der Waals surface area contributed by atoms with Crippen LogP contribution in [0.1, 0.15) is 0 Å². The molecule has 0 unspecified atom stereocenters. The molecule has 1 aromatic heterocycles. The SMILES string of the molecule is FC(F)(F)Oc1ccc2sccc2c1Cl. The Morgan fingerprint density at radius 2 is 1.93 bits per heavy atom. The Balaban J connectivity index is 2.48. The number of halogens is 4. The summed E-state index contributed by atoms with van der Waals surface area (Å²) in [5, 5.41) is 2.32. The number of hydrogen-bond acceptors (Lipinski definition) is 2. The van der Waals surface area contributed by atoms with Gasteiger partial charge in [0.1, 0.15) is 5.75 Å². The monoisotopic (exact) mass is 252 g/mol. The van der Waals surface area contributed by atoms with Crippen molar-refractivity contribution >= 4 is 33.0 Å². The minimum absolute atomic E-state index is 0.00826. The van der Waals surface area contributed by atoms with Crippen molar-refractivity contribution in [1.29, 1.82) is 0 Å². The van der Waals surface area contributed by atoms with Crippen LogP contribution in [0.15, 0.2) is 23.6 Å². The van der Waals surface area contributed by atoms with Crippen molar-refractivity contribution in [2.75, 3.05) is 0 Å². The molecule has 1 heterocycles. The lowest BCUT2D eigenvalue weighted by atomic mass is 10.2. The third-order valence-corrected chi connectivity index (χ3v) is 3.03. The Hall–Kier alpha value is -0.940. The van der Waals surface area contributed by atoms with Crippen LogP contribution < -0.4 is 4.74 Å². The number of fused-ring (bicyclic) bond motifs is 1. The van der Waals surface area contributed by atoms with E-state index >= 15 is 0 Å². The van der Waals surface area contributed by atoms with Gasteiger partial charge in [-0.1, -0.05) is 11.6 Å². The molecule has 0 bridgehead atoms. The van der Waals surface area contributed by atoms with Gasteiger partial charge in [0, 0.05) is 10.1 Å². The fraction of sp³-hybridized carbons (Fsp3) is 0.111. The third-order valence-electron chi connectivity index (χ3n) is 1.76. The van der Waals surface area contributed by atoms with Gasteiger partial charge in [-0.3, -0.25) is 0 Å². The summed E-state index contributed by atoms with van der Waals surface area (Å²) < 4.78 is 40.5. The van der Waals surface area contributed by atoms with Crippen LogP contribution in [0.5, 0.6) is 5.75 Å². The normalized spacial score (nSPS) is 12.0. The molecule has 2 rings (SSSR count). The number of alkyl halides is 3. The van der Waals surface area contributed by atoms with Crippen molar-refractivity contribution < 1.29 is 17.9 Å². The van der Waals surface area contributed by atoms with Crippen molar-refractivity contribution in [2.24, 2.45) is 0 Å². The standard InChI is InChI=1S/C9H4ClF3OS/c10-8-5-3-4-15-7(5)2-1-6(8)14-9(11,12)13/h1-4H. The Morgan fingerprint density at radius 3 is 2.60 bits per heavy atom. The highest BCUT2D eigenvalue weighted by molar-refractivity contribution is 7.17. The first-order valence-electron chi connectivity index (χ1n) is 3.89. The van der Waals surface area contributed by atoms with Gasteiger partial charge in [0.2, 0.25) is 0 Å². The van der Waals surface area contributed by atoms with Crippen molar-refractivity contribution in [3.63, 3.8) is 0 Å². The number of rotatable bonds is 1. The summed E-state index contributed by atoms with van der Waals surface area (Å²) in [6, 6.07) is 4.42. The molecule has 0 N–H and O–H groups in total. The van der Waals surface area contributed by atoms with Gasteiger partial charge in [0.25, 0.3) is 0 Å².